The minimum atomic E-state index is 0.0206. The van der Waals surface area contributed by atoms with E-state index in [2.05, 4.69) is 46.0 Å². The summed E-state index contributed by atoms with van der Waals surface area (Å²) in [5.41, 5.74) is 5.07. The van der Waals surface area contributed by atoms with Crippen LogP contribution in [0.1, 0.15) is 11.3 Å². The van der Waals surface area contributed by atoms with E-state index in [1.165, 1.54) is 11.3 Å². The second-order valence-corrected chi connectivity index (χ2v) is 7.26. The van der Waals surface area contributed by atoms with Crippen molar-refractivity contribution >= 4 is 16.7 Å². The van der Waals surface area contributed by atoms with E-state index >= 15 is 0 Å². The molecule has 5 heteroatoms. The summed E-state index contributed by atoms with van der Waals surface area (Å²) in [5.74, 6) is 0. The van der Waals surface area contributed by atoms with Crippen LogP contribution in [-0.4, -0.2) is 47.2 Å². The van der Waals surface area contributed by atoms with Crippen molar-refractivity contribution < 1.29 is 0 Å². The summed E-state index contributed by atoms with van der Waals surface area (Å²) >= 11 is 0. The molecule has 1 saturated heterocycles. The molecule has 0 N–H and O–H groups in total. The van der Waals surface area contributed by atoms with Crippen LogP contribution >= 0.6 is 0 Å². The quantitative estimate of drug-likeness (QED) is 0.716. The zero-order valence-electron chi connectivity index (χ0n) is 16.1. The second-order valence-electron chi connectivity index (χ2n) is 7.26. The summed E-state index contributed by atoms with van der Waals surface area (Å²) < 4.78 is 1.88. The van der Waals surface area contributed by atoms with Crippen molar-refractivity contribution in [2.45, 2.75) is 20.4 Å². The molecule has 4 rings (SSSR count). The van der Waals surface area contributed by atoms with Crippen LogP contribution in [0, 0.1) is 13.8 Å². The van der Waals surface area contributed by atoms with Gasteiger partial charge in [-0.25, -0.2) is 4.98 Å². The number of piperazine rings is 1. The zero-order chi connectivity index (χ0) is 18.8. The number of rotatable bonds is 4. The van der Waals surface area contributed by atoms with E-state index in [9.17, 15) is 4.79 Å². The van der Waals surface area contributed by atoms with Crippen LogP contribution in [0.3, 0.4) is 0 Å². The molecule has 0 bridgehead atoms. The molecule has 1 aliphatic heterocycles. The Morgan fingerprint density at radius 2 is 1.59 bits per heavy atom. The van der Waals surface area contributed by atoms with Crippen LogP contribution < -0.4 is 10.5 Å². The van der Waals surface area contributed by atoms with Crippen molar-refractivity contribution in [3.05, 3.63) is 70.1 Å². The second kappa shape index (κ2) is 7.53. The van der Waals surface area contributed by atoms with Crippen molar-refractivity contribution in [3.63, 3.8) is 0 Å². The Hall–Kier alpha value is -2.66. The summed E-state index contributed by atoms with van der Waals surface area (Å²) in [7, 11) is 0. The van der Waals surface area contributed by atoms with Gasteiger partial charge in [0, 0.05) is 45.0 Å². The van der Waals surface area contributed by atoms with Gasteiger partial charge >= 0.3 is 0 Å². The highest BCUT2D eigenvalue weighted by molar-refractivity contribution is 5.74. The van der Waals surface area contributed by atoms with Crippen LogP contribution in [0.5, 0.6) is 0 Å². The maximum atomic E-state index is 12.6. The molecule has 0 atom stereocenters. The fraction of sp³-hybridized carbons (Fsp3) is 0.364. The first-order valence-corrected chi connectivity index (χ1v) is 9.62. The van der Waals surface area contributed by atoms with Gasteiger partial charge in [-0.3, -0.25) is 9.69 Å². The lowest BCUT2D eigenvalue weighted by Crippen LogP contribution is -2.47. The zero-order valence-corrected chi connectivity index (χ0v) is 16.1. The lowest BCUT2D eigenvalue weighted by molar-refractivity contribution is 0.248. The Kier molecular flexibility index (Phi) is 4.94. The van der Waals surface area contributed by atoms with E-state index < -0.39 is 0 Å². The van der Waals surface area contributed by atoms with Gasteiger partial charge in [-0.2, -0.15) is 0 Å². The molecule has 2 heterocycles. The van der Waals surface area contributed by atoms with Gasteiger partial charge in [-0.05, 0) is 37.6 Å². The number of nitrogens with zero attached hydrogens (tertiary/aromatic N) is 4. The normalized spacial score (nSPS) is 15.4. The fourth-order valence-electron chi connectivity index (χ4n) is 3.91. The number of anilines is 1. The molecule has 0 saturated carbocycles. The SMILES string of the molecule is Cc1ccccc1N1CCN(CCn2c(=O)c(C)nc3ccccc32)CC1. The van der Waals surface area contributed by atoms with E-state index in [1.54, 1.807) is 6.92 Å². The maximum absolute atomic E-state index is 12.6. The maximum Gasteiger partial charge on any atom is 0.272 e. The molecule has 27 heavy (non-hydrogen) atoms. The van der Waals surface area contributed by atoms with Gasteiger partial charge in [-0.15, -0.1) is 0 Å². The average molecular weight is 362 g/mol. The summed E-state index contributed by atoms with van der Waals surface area (Å²) in [5, 5.41) is 0. The fourth-order valence-corrected chi connectivity index (χ4v) is 3.91. The van der Waals surface area contributed by atoms with Crippen molar-refractivity contribution in [2.24, 2.45) is 0 Å². The molecule has 5 nitrogen and oxygen atoms in total. The van der Waals surface area contributed by atoms with Gasteiger partial charge in [-0.1, -0.05) is 30.3 Å². The first kappa shape index (κ1) is 17.7. The number of para-hydroxylation sites is 3. The summed E-state index contributed by atoms with van der Waals surface area (Å²) in [6, 6.07) is 16.5. The van der Waals surface area contributed by atoms with Crippen molar-refractivity contribution in [3.8, 4) is 0 Å². The van der Waals surface area contributed by atoms with Crippen LogP contribution in [0.25, 0.3) is 11.0 Å². The molecule has 0 radical (unpaired) electrons. The lowest BCUT2D eigenvalue weighted by atomic mass is 10.1. The van der Waals surface area contributed by atoms with Crippen LogP contribution in [0.15, 0.2) is 53.3 Å². The van der Waals surface area contributed by atoms with Gasteiger partial charge < -0.3 is 9.47 Å². The van der Waals surface area contributed by atoms with Gasteiger partial charge in [0.15, 0.2) is 0 Å². The summed E-state index contributed by atoms with van der Waals surface area (Å²) in [4.78, 5) is 21.9. The Balaban J connectivity index is 1.44. The van der Waals surface area contributed by atoms with E-state index in [0.717, 1.165) is 43.8 Å². The predicted molar refractivity (Wildman–Crippen MR) is 111 cm³/mol. The third kappa shape index (κ3) is 3.60. The minimum absolute atomic E-state index is 0.0206. The van der Waals surface area contributed by atoms with E-state index in [4.69, 9.17) is 0 Å². The third-order valence-corrected chi connectivity index (χ3v) is 5.48. The summed E-state index contributed by atoms with van der Waals surface area (Å²) in [6.07, 6.45) is 0. The highest BCUT2D eigenvalue weighted by Gasteiger charge is 2.18. The molecule has 2 aromatic carbocycles. The number of hydrogen-bond acceptors (Lipinski definition) is 4. The van der Waals surface area contributed by atoms with Gasteiger partial charge in [0.1, 0.15) is 5.69 Å². The smallest absolute Gasteiger partial charge is 0.272 e. The summed E-state index contributed by atoms with van der Waals surface area (Å²) in [6.45, 7) is 9.64. The molecule has 0 amide bonds. The Morgan fingerprint density at radius 3 is 2.37 bits per heavy atom. The molecule has 3 aromatic rings. The van der Waals surface area contributed by atoms with E-state index in [-0.39, 0.29) is 5.56 Å². The Bertz CT molecular complexity index is 1000. The highest BCUT2D eigenvalue weighted by atomic mass is 16.1. The van der Waals surface area contributed by atoms with Gasteiger partial charge in [0.2, 0.25) is 0 Å². The number of aryl methyl sites for hydroxylation is 2. The number of fused-ring (bicyclic) bond motifs is 1. The predicted octanol–water partition coefficient (Wildman–Crippen LogP) is 2.84. The number of hydrogen-bond donors (Lipinski definition) is 0. The van der Waals surface area contributed by atoms with Gasteiger partial charge in [0.05, 0.1) is 11.0 Å². The van der Waals surface area contributed by atoms with Crippen molar-refractivity contribution in [1.29, 1.82) is 0 Å². The molecule has 1 aromatic heterocycles. The lowest BCUT2D eigenvalue weighted by Gasteiger charge is -2.36. The molecule has 1 fully saturated rings. The topological polar surface area (TPSA) is 41.4 Å². The molecular formula is C22H26N4O. The Labute approximate surface area is 159 Å². The molecule has 0 aliphatic carbocycles. The van der Waals surface area contributed by atoms with E-state index in [0.29, 0.717) is 12.2 Å². The molecular weight excluding hydrogens is 336 g/mol. The van der Waals surface area contributed by atoms with Crippen molar-refractivity contribution in [1.82, 2.24) is 14.5 Å². The van der Waals surface area contributed by atoms with Crippen LogP contribution in [0.2, 0.25) is 0 Å². The first-order valence-electron chi connectivity index (χ1n) is 9.62. The molecule has 0 unspecified atom stereocenters. The third-order valence-electron chi connectivity index (χ3n) is 5.48. The standard InChI is InChI=1S/C22H26N4O/c1-17-7-3-5-9-20(17)25-14-11-24(12-15-25)13-16-26-21-10-6-4-8-19(21)23-18(2)22(26)27/h3-10H,11-16H2,1-2H3. The minimum Gasteiger partial charge on any atom is -0.369 e. The molecule has 140 valence electrons. The monoisotopic (exact) mass is 362 g/mol. The molecule has 0 spiro atoms. The molecule has 1 aliphatic rings. The van der Waals surface area contributed by atoms with Crippen LogP contribution in [0.4, 0.5) is 5.69 Å². The number of aromatic nitrogens is 2. The van der Waals surface area contributed by atoms with E-state index in [1.807, 2.05) is 28.8 Å². The number of benzene rings is 2. The largest absolute Gasteiger partial charge is 0.369 e. The first-order chi connectivity index (χ1) is 13.1. The average Bonchev–Trinajstić information content (AvgIpc) is 2.69. The Morgan fingerprint density at radius 1 is 0.889 bits per heavy atom. The van der Waals surface area contributed by atoms with Crippen molar-refractivity contribution in [2.75, 3.05) is 37.6 Å². The highest BCUT2D eigenvalue weighted by Crippen LogP contribution is 2.20. The van der Waals surface area contributed by atoms with Crippen LogP contribution in [-0.2, 0) is 6.54 Å². The van der Waals surface area contributed by atoms with Gasteiger partial charge in [0.25, 0.3) is 5.56 Å².